The molecular formula is C21H19N3O4. The van der Waals surface area contributed by atoms with Crippen LogP contribution in [0.5, 0.6) is 11.5 Å². The third-order valence-corrected chi connectivity index (χ3v) is 5.26. The smallest absolute Gasteiger partial charge is 0.232 e. The van der Waals surface area contributed by atoms with E-state index < -0.39 is 0 Å². The van der Waals surface area contributed by atoms with Crippen molar-refractivity contribution in [1.29, 1.82) is 0 Å². The molecule has 2 aliphatic rings. The number of amides is 1. The van der Waals surface area contributed by atoms with Crippen LogP contribution in [0.4, 0.5) is 0 Å². The molecule has 1 amide bonds. The quantitative estimate of drug-likeness (QED) is 0.694. The summed E-state index contributed by atoms with van der Waals surface area (Å²) in [6.45, 7) is 3.46. The highest BCUT2D eigenvalue weighted by atomic mass is 16.7. The summed E-state index contributed by atoms with van der Waals surface area (Å²) in [4.78, 5) is 18.9. The van der Waals surface area contributed by atoms with Gasteiger partial charge in [0.1, 0.15) is 0 Å². The maximum atomic E-state index is 12.5. The van der Waals surface area contributed by atoms with Crippen LogP contribution in [0.1, 0.15) is 29.4 Å². The van der Waals surface area contributed by atoms with Crippen LogP contribution >= 0.6 is 0 Å². The van der Waals surface area contributed by atoms with Gasteiger partial charge in [-0.1, -0.05) is 29.4 Å². The number of rotatable bonds is 4. The van der Waals surface area contributed by atoms with Crippen LogP contribution in [0.3, 0.4) is 0 Å². The lowest BCUT2D eigenvalue weighted by atomic mass is 10.1. The number of aromatic nitrogens is 2. The largest absolute Gasteiger partial charge is 0.454 e. The Morgan fingerprint density at radius 3 is 2.89 bits per heavy atom. The molecule has 1 unspecified atom stereocenters. The predicted octanol–water partition coefficient (Wildman–Crippen LogP) is 3.29. The summed E-state index contributed by atoms with van der Waals surface area (Å²) in [5, 5.41) is 4.09. The van der Waals surface area contributed by atoms with Gasteiger partial charge < -0.3 is 18.9 Å². The summed E-state index contributed by atoms with van der Waals surface area (Å²) in [5.74, 6) is 2.37. The topological polar surface area (TPSA) is 77.7 Å². The van der Waals surface area contributed by atoms with Gasteiger partial charge in [-0.25, -0.2) is 0 Å². The molecule has 5 rings (SSSR count). The summed E-state index contributed by atoms with van der Waals surface area (Å²) >= 11 is 0. The van der Waals surface area contributed by atoms with E-state index in [1.165, 1.54) is 5.56 Å². The van der Waals surface area contributed by atoms with Crippen LogP contribution in [0.25, 0.3) is 11.4 Å². The Bertz CT molecular complexity index is 1050. The van der Waals surface area contributed by atoms with Gasteiger partial charge >= 0.3 is 0 Å². The van der Waals surface area contributed by atoms with Gasteiger partial charge in [0.05, 0.1) is 5.92 Å². The van der Waals surface area contributed by atoms with Crippen molar-refractivity contribution in [3.05, 3.63) is 59.5 Å². The zero-order valence-corrected chi connectivity index (χ0v) is 15.4. The van der Waals surface area contributed by atoms with Crippen LogP contribution in [0.15, 0.2) is 47.0 Å². The number of aryl methyl sites for hydroxylation is 1. The van der Waals surface area contributed by atoms with E-state index in [9.17, 15) is 4.79 Å². The molecule has 1 fully saturated rings. The Balaban J connectivity index is 1.32. The minimum Gasteiger partial charge on any atom is -0.454 e. The number of hydrogen-bond acceptors (Lipinski definition) is 6. The molecule has 1 atom stereocenters. The van der Waals surface area contributed by atoms with Gasteiger partial charge in [-0.3, -0.25) is 4.79 Å². The second kappa shape index (κ2) is 6.67. The van der Waals surface area contributed by atoms with Crippen LogP contribution in [-0.4, -0.2) is 34.3 Å². The lowest BCUT2D eigenvalue weighted by Crippen LogP contribution is -2.24. The first-order chi connectivity index (χ1) is 13.7. The summed E-state index contributed by atoms with van der Waals surface area (Å²) in [5.41, 5.74) is 3.13. The Morgan fingerprint density at radius 1 is 1.14 bits per heavy atom. The van der Waals surface area contributed by atoms with Gasteiger partial charge in [0.15, 0.2) is 11.5 Å². The zero-order chi connectivity index (χ0) is 19.1. The first-order valence-electron chi connectivity index (χ1n) is 9.23. The highest BCUT2D eigenvalue weighted by Gasteiger charge is 2.34. The third-order valence-electron chi connectivity index (χ3n) is 5.26. The maximum Gasteiger partial charge on any atom is 0.232 e. The lowest BCUT2D eigenvalue weighted by Gasteiger charge is -2.17. The van der Waals surface area contributed by atoms with Gasteiger partial charge in [0.25, 0.3) is 0 Å². The van der Waals surface area contributed by atoms with Crippen LogP contribution < -0.4 is 9.47 Å². The van der Waals surface area contributed by atoms with Crippen LogP contribution in [-0.2, 0) is 11.3 Å². The molecule has 1 aromatic heterocycles. The van der Waals surface area contributed by atoms with E-state index in [1.54, 1.807) is 0 Å². The van der Waals surface area contributed by atoms with E-state index in [4.69, 9.17) is 14.0 Å². The Hall–Kier alpha value is -3.35. The molecule has 0 saturated carbocycles. The molecule has 0 N–H and O–H groups in total. The second-order valence-electron chi connectivity index (χ2n) is 7.13. The predicted molar refractivity (Wildman–Crippen MR) is 99.8 cm³/mol. The van der Waals surface area contributed by atoms with Crippen molar-refractivity contribution in [1.82, 2.24) is 15.0 Å². The zero-order valence-electron chi connectivity index (χ0n) is 15.4. The third kappa shape index (κ3) is 2.98. The summed E-state index contributed by atoms with van der Waals surface area (Å²) in [6, 6.07) is 13.6. The van der Waals surface area contributed by atoms with Crippen molar-refractivity contribution in [2.45, 2.75) is 25.8 Å². The number of hydrogen-bond donors (Lipinski definition) is 0. The minimum absolute atomic E-state index is 0.0909. The lowest BCUT2D eigenvalue weighted by molar-refractivity contribution is -0.128. The molecule has 0 spiro atoms. The summed E-state index contributed by atoms with van der Waals surface area (Å²) < 4.78 is 16.2. The van der Waals surface area contributed by atoms with E-state index in [1.807, 2.05) is 35.2 Å². The molecule has 0 radical (unpaired) electrons. The number of carbonyl (C=O) groups excluding carboxylic acids is 1. The number of ether oxygens (including phenoxy) is 2. The van der Waals surface area contributed by atoms with Crippen molar-refractivity contribution in [3.63, 3.8) is 0 Å². The molecule has 0 aliphatic carbocycles. The van der Waals surface area contributed by atoms with E-state index in [0.29, 0.717) is 42.7 Å². The van der Waals surface area contributed by atoms with Crippen molar-refractivity contribution in [2.75, 3.05) is 13.3 Å². The molecule has 7 nitrogen and oxygen atoms in total. The SMILES string of the molecule is Cc1ccccc1CN1CC(c2nc(-c3ccc4c(c3)OCO4)no2)CC1=O. The normalized spacial score (nSPS) is 18.1. The fourth-order valence-electron chi connectivity index (χ4n) is 3.64. The Morgan fingerprint density at radius 2 is 2.00 bits per heavy atom. The van der Waals surface area contributed by atoms with Gasteiger partial charge in [-0.2, -0.15) is 4.98 Å². The molecule has 1 saturated heterocycles. The second-order valence-corrected chi connectivity index (χ2v) is 7.13. The molecule has 7 heteroatoms. The standard InChI is InChI=1S/C21H19N3O4/c1-13-4-2-3-5-15(13)10-24-11-16(9-19(24)25)21-22-20(23-28-21)14-6-7-17-18(8-14)27-12-26-17/h2-8,16H,9-12H2,1H3. The summed E-state index contributed by atoms with van der Waals surface area (Å²) in [7, 11) is 0. The van der Waals surface area contributed by atoms with Crippen molar-refractivity contribution < 1.29 is 18.8 Å². The number of carbonyl (C=O) groups is 1. The fourth-order valence-corrected chi connectivity index (χ4v) is 3.64. The van der Waals surface area contributed by atoms with Crippen molar-refractivity contribution >= 4 is 5.91 Å². The number of nitrogens with zero attached hydrogens (tertiary/aromatic N) is 3. The minimum atomic E-state index is -0.0909. The first kappa shape index (κ1) is 16.8. The summed E-state index contributed by atoms with van der Waals surface area (Å²) in [6.07, 6.45) is 0.384. The van der Waals surface area contributed by atoms with E-state index >= 15 is 0 Å². The Labute approximate surface area is 161 Å². The molecular weight excluding hydrogens is 358 g/mol. The van der Waals surface area contributed by atoms with Crippen LogP contribution in [0.2, 0.25) is 0 Å². The number of fused-ring (bicyclic) bond motifs is 1. The Kier molecular flexibility index (Phi) is 4.00. The molecule has 3 heterocycles. The number of likely N-dealkylation sites (tertiary alicyclic amines) is 1. The molecule has 0 bridgehead atoms. The number of benzene rings is 2. The van der Waals surface area contributed by atoms with Gasteiger partial charge in [0, 0.05) is 25.1 Å². The molecule has 28 heavy (non-hydrogen) atoms. The first-order valence-corrected chi connectivity index (χ1v) is 9.23. The van der Waals surface area contributed by atoms with E-state index in [-0.39, 0.29) is 18.6 Å². The van der Waals surface area contributed by atoms with Crippen molar-refractivity contribution in [2.24, 2.45) is 0 Å². The monoisotopic (exact) mass is 377 g/mol. The average Bonchev–Trinajstić information content (AvgIpc) is 3.43. The van der Waals surface area contributed by atoms with Gasteiger partial charge in [-0.15, -0.1) is 0 Å². The van der Waals surface area contributed by atoms with Crippen molar-refractivity contribution in [3.8, 4) is 22.9 Å². The van der Waals surface area contributed by atoms with Gasteiger partial charge in [0.2, 0.25) is 24.4 Å². The van der Waals surface area contributed by atoms with E-state index in [0.717, 1.165) is 11.1 Å². The maximum absolute atomic E-state index is 12.5. The molecule has 142 valence electrons. The molecule has 2 aromatic carbocycles. The average molecular weight is 377 g/mol. The molecule has 2 aliphatic heterocycles. The highest BCUT2D eigenvalue weighted by molar-refractivity contribution is 5.79. The molecule has 3 aromatic rings. The van der Waals surface area contributed by atoms with Gasteiger partial charge in [-0.05, 0) is 36.2 Å². The fraction of sp³-hybridized carbons (Fsp3) is 0.286. The van der Waals surface area contributed by atoms with E-state index in [2.05, 4.69) is 29.2 Å². The van der Waals surface area contributed by atoms with Crippen LogP contribution in [0, 0.1) is 6.92 Å². The highest BCUT2D eigenvalue weighted by Crippen LogP contribution is 2.36.